The molecule has 0 saturated heterocycles. The summed E-state index contributed by atoms with van der Waals surface area (Å²) >= 11 is 0. The predicted molar refractivity (Wildman–Crippen MR) is 84.3 cm³/mol. The van der Waals surface area contributed by atoms with Crippen LogP contribution in [0.1, 0.15) is 26.2 Å². The highest BCUT2D eigenvalue weighted by molar-refractivity contribution is 6.88. The molecule has 0 aromatic heterocycles. The van der Waals surface area contributed by atoms with Gasteiger partial charge in [-0.3, -0.25) is 0 Å². The summed E-state index contributed by atoms with van der Waals surface area (Å²) in [4.78, 5) is 0. The number of hydrogen-bond donors (Lipinski definition) is 0. The summed E-state index contributed by atoms with van der Waals surface area (Å²) in [6.45, 7) is 19.6. The van der Waals surface area contributed by atoms with E-state index in [1.165, 1.54) is 25.3 Å². The van der Waals surface area contributed by atoms with Gasteiger partial charge in [-0.1, -0.05) is 26.2 Å². The van der Waals surface area contributed by atoms with Crippen LogP contribution >= 0.6 is 0 Å². The molecule has 0 saturated carbocycles. The van der Waals surface area contributed by atoms with E-state index in [2.05, 4.69) is 52.8 Å². The van der Waals surface area contributed by atoms with Gasteiger partial charge in [0.15, 0.2) is 16.6 Å². The molecule has 0 heterocycles. The van der Waals surface area contributed by atoms with E-state index in [0.717, 1.165) is 0 Å². The molecule has 0 fully saturated rings. The van der Waals surface area contributed by atoms with Crippen LogP contribution in [-0.2, 0) is 8.23 Å². The van der Waals surface area contributed by atoms with Gasteiger partial charge in [0.1, 0.15) is 0 Å². The first-order chi connectivity index (χ1) is 7.47. The second-order valence-electron chi connectivity index (χ2n) is 6.58. The summed E-state index contributed by atoms with van der Waals surface area (Å²) in [6.07, 6.45) is 3.89. The maximum atomic E-state index is 6.40. The molecule has 0 aliphatic carbocycles. The predicted octanol–water partition coefficient (Wildman–Crippen LogP) is 4.70. The summed E-state index contributed by atoms with van der Waals surface area (Å²) in [5.74, 6) is 0. The van der Waals surface area contributed by atoms with Gasteiger partial charge in [0.2, 0.25) is 0 Å². The summed E-state index contributed by atoms with van der Waals surface area (Å²) in [5.41, 5.74) is 0. The molecule has 0 spiro atoms. The Hall–Kier alpha value is 0.571. The molecule has 0 aromatic carbocycles. The Morgan fingerprint density at radius 3 is 1.82 bits per heavy atom. The monoisotopic (exact) mass is 291 g/mol. The molecule has 0 amide bonds. The third-order valence-electron chi connectivity index (χ3n) is 2.43. The summed E-state index contributed by atoms with van der Waals surface area (Å²) < 4.78 is 12.5. The lowest BCUT2D eigenvalue weighted by Gasteiger charge is -2.37. The van der Waals surface area contributed by atoms with E-state index < -0.39 is 25.2 Å². The zero-order valence-corrected chi connectivity index (χ0v) is 15.9. The first kappa shape index (κ1) is 17.6. The topological polar surface area (TPSA) is 18.5 Å². The Bertz CT molecular complexity index is 222. The van der Waals surface area contributed by atoms with Crippen LogP contribution in [0.15, 0.2) is 0 Å². The van der Waals surface area contributed by atoms with E-state index in [1.54, 1.807) is 0 Å². The van der Waals surface area contributed by atoms with E-state index >= 15 is 0 Å². The van der Waals surface area contributed by atoms with Crippen LogP contribution in [0.3, 0.4) is 0 Å². The van der Waals surface area contributed by atoms with Gasteiger partial charge >= 0.3 is 8.56 Å². The van der Waals surface area contributed by atoms with E-state index in [0.29, 0.717) is 0 Å². The molecule has 0 aromatic rings. The SMILES string of the molecule is [CH2][Si](C)(C)O[Si](C)(C)O[Si](C)(C)CCCCC. The normalized spacial score (nSPS) is 14.1. The van der Waals surface area contributed by atoms with Crippen LogP contribution < -0.4 is 0 Å². The van der Waals surface area contributed by atoms with Crippen molar-refractivity contribution in [2.24, 2.45) is 0 Å². The van der Waals surface area contributed by atoms with Gasteiger partial charge in [0.05, 0.1) is 0 Å². The van der Waals surface area contributed by atoms with E-state index in [4.69, 9.17) is 8.23 Å². The van der Waals surface area contributed by atoms with Crippen molar-refractivity contribution in [3.8, 4) is 0 Å². The lowest BCUT2D eigenvalue weighted by atomic mass is 10.3. The number of unbranched alkanes of at least 4 members (excludes halogenated alkanes) is 2. The molecule has 0 aliphatic heterocycles. The Kier molecular flexibility index (Phi) is 6.88. The molecule has 0 unspecified atom stereocenters. The minimum atomic E-state index is -1.97. The molecule has 103 valence electrons. The maximum absolute atomic E-state index is 6.40. The quantitative estimate of drug-likeness (QED) is 0.477. The standard InChI is InChI=1S/C12H31O2Si3/c1-9-10-11-12-16(5,6)14-17(7,8)13-15(2,3)4/h2,9-12H2,1,3-8H3. The zero-order chi connectivity index (χ0) is 13.7. The van der Waals surface area contributed by atoms with Gasteiger partial charge in [-0.2, -0.15) is 0 Å². The third kappa shape index (κ3) is 10.2. The number of hydrogen-bond acceptors (Lipinski definition) is 2. The van der Waals surface area contributed by atoms with Crippen molar-refractivity contribution < 1.29 is 8.23 Å². The maximum Gasteiger partial charge on any atom is 0.311 e. The highest BCUT2D eigenvalue weighted by Gasteiger charge is 2.37. The summed E-state index contributed by atoms with van der Waals surface area (Å²) in [6, 6.07) is 1.25. The molecule has 0 aliphatic rings. The van der Waals surface area contributed by atoms with Crippen molar-refractivity contribution in [1.29, 1.82) is 0 Å². The van der Waals surface area contributed by atoms with Gasteiger partial charge in [0.25, 0.3) is 0 Å². The van der Waals surface area contributed by atoms with Crippen molar-refractivity contribution >= 4 is 25.2 Å². The van der Waals surface area contributed by atoms with Crippen LogP contribution in [0.25, 0.3) is 0 Å². The fourth-order valence-electron chi connectivity index (χ4n) is 2.20. The van der Waals surface area contributed by atoms with Gasteiger partial charge in [0, 0.05) is 0 Å². The lowest BCUT2D eigenvalue weighted by molar-refractivity contribution is 0.392. The third-order valence-corrected chi connectivity index (χ3v) is 12.3. The van der Waals surface area contributed by atoms with Crippen molar-refractivity contribution in [3.05, 3.63) is 6.55 Å². The Balaban J connectivity index is 4.27. The van der Waals surface area contributed by atoms with Crippen molar-refractivity contribution in [2.75, 3.05) is 0 Å². The van der Waals surface area contributed by atoms with Crippen molar-refractivity contribution in [2.45, 2.75) is 71.5 Å². The van der Waals surface area contributed by atoms with Crippen molar-refractivity contribution in [1.82, 2.24) is 0 Å². The molecular weight excluding hydrogens is 260 g/mol. The molecule has 0 bridgehead atoms. The zero-order valence-electron chi connectivity index (χ0n) is 12.9. The highest BCUT2D eigenvalue weighted by atomic mass is 28.5. The van der Waals surface area contributed by atoms with E-state index in [1.807, 2.05) is 0 Å². The Morgan fingerprint density at radius 1 is 0.882 bits per heavy atom. The summed E-state index contributed by atoms with van der Waals surface area (Å²) in [7, 11) is -5.24. The fraction of sp³-hybridized carbons (Fsp3) is 0.917. The molecule has 0 N–H and O–H groups in total. The Labute approximate surface area is 112 Å². The first-order valence-electron chi connectivity index (χ1n) is 6.73. The van der Waals surface area contributed by atoms with Gasteiger partial charge in [-0.05, 0) is 51.9 Å². The largest absolute Gasteiger partial charge is 0.437 e. The van der Waals surface area contributed by atoms with Gasteiger partial charge < -0.3 is 8.23 Å². The van der Waals surface area contributed by atoms with E-state index in [9.17, 15) is 0 Å². The molecule has 5 heteroatoms. The van der Waals surface area contributed by atoms with Gasteiger partial charge in [-0.25, -0.2) is 0 Å². The molecule has 2 nitrogen and oxygen atoms in total. The van der Waals surface area contributed by atoms with Crippen molar-refractivity contribution in [3.63, 3.8) is 0 Å². The molecule has 0 atom stereocenters. The van der Waals surface area contributed by atoms with E-state index in [-0.39, 0.29) is 0 Å². The molecule has 17 heavy (non-hydrogen) atoms. The van der Waals surface area contributed by atoms with Crippen LogP contribution in [-0.4, -0.2) is 25.2 Å². The van der Waals surface area contributed by atoms with Crippen LogP contribution in [0.2, 0.25) is 45.3 Å². The van der Waals surface area contributed by atoms with Gasteiger partial charge in [-0.15, -0.1) is 0 Å². The highest BCUT2D eigenvalue weighted by Crippen LogP contribution is 2.24. The average Bonchev–Trinajstić information content (AvgIpc) is 1.96. The molecular formula is C12H31O2Si3. The first-order valence-corrected chi connectivity index (χ1v) is 15.8. The lowest BCUT2D eigenvalue weighted by Crippen LogP contribution is -2.51. The Morgan fingerprint density at radius 2 is 1.41 bits per heavy atom. The molecule has 0 rings (SSSR count). The average molecular weight is 292 g/mol. The second kappa shape index (κ2) is 6.65. The number of rotatable bonds is 8. The van der Waals surface area contributed by atoms with Crippen LogP contribution in [0, 0.1) is 6.55 Å². The minimum absolute atomic E-state index is 1.25. The smallest absolute Gasteiger partial charge is 0.311 e. The second-order valence-corrected chi connectivity index (χ2v) is 18.6. The fourth-order valence-corrected chi connectivity index (χ4v) is 14.9. The summed E-state index contributed by atoms with van der Waals surface area (Å²) in [5, 5.41) is 0. The van der Waals surface area contributed by atoms with Crippen LogP contribution in [0.4, 0.5) is 0 Å². The van der Waals surface area contributed by atoms with Crippen LogP contribution in [0.5, 0.6) is 0 Å². The molecule has 1 radical (unpaired) electrons. The minimum Gasteiger partial charge on any atom is -0.437 e.